The van der Waals surface area contributed by atoms with Gasteiger partial charge in [-0.2, -0.15) is 0 Å². The summed E-state index contributed by atoms with van der Waals surface area (Å²) in [4.78, 5) is 22.2. The van der Waals surface area contributed by atoms with Gasteiger partial charge in [-0.3, -0.25) is 0 Å². The smallest absolute Gasteiger partial charge is 0.330 e. The van der Waals surface area contributed by atoms with Crippen LogP contribution in [-0.2, 0) is 28.5 Å². The SMILES string of the molecule is C=CC(=O)OCCOCCOc1c(OCCOCCOC(=O)C=C)c2ccccc2c2ccccc12. The Morgan fingerprint density at radius 3 is 1.31 bits per heavy atom. The van der Waals surface area contributed by atoms with Crippen LogP contribution in [0.25, 0.3) is 21.5 Å². The molecule has 0 amide bonds. The van der Waals surface area contributed by atoms with Gasteiger partial charge < -0.3 is 28.4 Å². The summed E-state index contributed by atoms with van der Waals surface area (Å²) in [7, 11) is 0. The highest BCUT2D eigenvalue weighted by Gasteiger charge is 2.17. The van der Waals surface area contributed by atoms with Crippen molar-refractivity contribution in [1.29, 1.82) is 0 Å². The molecule has 0 spiro atoms. The maximum absolute atomic E-state index is 11.1. The Kier molecular flexibility index (Phi) is 10.8. The predicted octanol–water partition coefficient (Wildman–Crippen LogP) is 4.24. The molecule has 0 N–H and O–H groups in total. The minimum absolute atomic E-state index is 0.144. The molecule has 0 unspecified atom stereocenters. The van der Waals surface area contributed by atoms with E-state index in [9.17, 15) is 9.59 Å². The molecular weight excluding hydrogens is 464 g/mol. The van der Waals surface area contributed by atoms with Gasteiger partial charge in [-0.05, 0) is 10.8 Å². The summed E-state index contributed by atoms with van der Waals surface area (Å²) in [6, 6.07) is 15.9. The first-order valence-corrected chi connectivity index (χ1v) is 11.6. The predicted molar refractivity (Wildman–Crippen MR) is 136 cm³/mol. The van der Waals surface area contributed by atoms with E-state index < -0.39 is 11.9 Å². The molecule has 0 aliphatic heterocycles. The van der Waals surface area contributed by atoms with E-state index in [0.29, 0.717) is 24.7 Å². The number of benzene rings is 3. The number of ether oxygens (including phenoxy) is 6. The van der Waals surface area contributed by atoms with Crippen molar-refractivity contribution >= 4 is 33.5 Å². The van der Waals surface area contributed by atoms with Crippen molar-refractivity contribution in [3.05, 3.63) is 73.8 Å². The third-order valence-electron chi connectivity index (χ3n) is 5.07. The molecule has 0 aromatic heterocycles. The molecule has 8 nitrogen and oxygen atoms in total. The zero-order valence-corrected chi connectivity index (χ0v) is 20.1. The number of carbonyl (C=O) groups excluding carboxylic acids is 2. The lowest BCUT2D eigenvalue weighted by Crippen LogP contribution is -2.14. The molecule has 0 bridgehead atoms. The van der Waals surface area contributed by atoms with E-state index in [2.05, 4.69) is 13.2 Å². The molecule has 0 aliphatic carbocycles. The summed E-state index contributed by atoms with van der Waals surface area (Å²) in [6.45, 7) is 8.66. The van der Waals surface area contributed by atoms with Gasteiger partial charge in [-0.15, -0.1) is 0 Å². The second-order valence-corrected chi connectivity index (χ2v) is 7.41. The highest BCUT2D eigenvalue weighted by Crippen LogP contribution is 2.43. The number of fused-ring (bicyclic) bond motifs is 3. The molecule has 0 heterocycles. The lowest BCUT2D eigenvalue weighted by molar-refractivity contribution is -0.140. The van der Waals surface area contributed by atoms with Gasteiger partial charge in [0.25, 0.3) is 0 Å². The molecule has 3 aromatic carbocycles. The van der Waals surface area contributed by atoms with Crippen LogP contribution in [0.5, 0.6) is 11.5 Å². The number of esters is 2. The van der Waals surface area contributed by atoms with Crippen LogP contribution in [-0.4, -0.2) is 64.8 Å². The number of rotatable bonds is 16. The standard InChI is InChI=1S/C28H30O8/c1-3-25(29)33-17-13-31-15-19-35-27-23-11-7-5-9-21(23)22-10-6-8-12-24(22)28(27)36-20-16-32-14-18-34-26(30)4-2/h3-12H,1-2,13-20H2. The van der Waals surface area contributed by atoms with E-state index in [1.54, 1.807) is 0 Å². The van der Waals surface area contributed by atoms with Gasteiger partial charge in [-0.1, -0.05) is 61.7 Å². The highest BCUT2D eigenvalue weighted by atomic mass is 16.6. The Labute approximate surface area is 210 Å². The average molecular weight is 495 g/mol. The van der Waals surface area contributed by atoms with Gasteiger partial charge in [0, 0.05) is 22.9 Å². The molecule has 0 atom stereocenters. The lowest BCUT2D eigenvalue weighted by Gasteiger charge is -2.18. The normalized spacial score (nSPS) is 10.7. The molecule has 0 radical (unpaired) electrons. The van der Waals surface area contributed by atoms with Gasteiger partial charge in [0.05, 0.1) is 26.4 Å². The lowest BCUT2D eigenvalue weighted by atomic mass is 10.00. The summed E-state index contributed by atoms with van der Waals surface area (Å²) in [5.41, 5.74) is 0. The van der Waals surface area contributed by atoms with Crippen molar-refractivity contribution in [3.8, 4) is 11.5 Å². The zero-order chi connectivity index (χ0) is 25.6. The quantitative estimate of drug-likeness (QED) is 0.126. The van der Waals surface area contributed by atoms with Crippen LogP contribution in [0.4, 0.5) is 0 Å². The van der Waals surface area contributed by atoms with Crippen LogP contribution in [0.2, 0.25) is 0 Å². The van der Waals surface area contributed by atoms with Crippen molar-refractivity contribution in [2.24, 2.45) is 0 Å². The first kappa shape index (κ1) is 26.7. The summed E-state index contributed by atoms with van der Waals surface area (Å²) in [6.07, 6.45) is 2.22. The van der Waals surface area contributed by atoms with E-state index in [1.807, 2.05) is 48.5 Å². The van der Waals surface area contributed by atoms with Gasteiger partial charge in [0.1, 0.15) is 26.4 Å². The van der Waals surface area contributed by atoms with Gasteiger partial charge >= 0.3 is 11.9 Å². The summed E-state index contributed by atoms with van der Waals surface area (Å²) in [5.74, 6) is 0.263. The molecule has 0 fully saturated rings. The Bertz CT molecular complexity index is 1090. The Morgan fingerprint density at radius 1 is 0.556 bits per heavy atom. The van der Waals surface area contributed by atoms with E-state index in [0.717, 1.165) is 33.7 Å². The number of hydrogen-bond donors (Lipinski definition) is 0. The molecule has 36 heavy (non-hydrogen) atoms. The van der Waals surface area contributed by atoms with E-state index in [1.165, 1.54) is 0 Å². The van der Waals surface area contributed by atoms with E-state index >= 15 is 0 Å². The van der Waals surface area contributed by atoms with Crippen LogP contribution >= 0.6 is 0 Å². The first-order chi connectivity index (χ1) is 17.7. The van der Waals surface area contributed by atoms with Crippen molar-refractivity contribution in [2.45, 2.75) is 0 Å². The average Bonchev–Trinajstić information content (AvgIpc) is 2.92. The van der Waals surface area contributed by atoms with Crippen molar-refractivity contribution in [2.75, 3.05) is 52.9 Å². The topological polar surface area (TPSA) is 89.5 Å². The van der Waals surface area contributed by atoms with Crippen LogP contribution in [0, 0.1) is 0 Å². The Balaban J connectivity index is 1.66. The van der Waals surface area contributed by atoms with Crippen molar-refractivity contribution in [3.63, 3.8) is 0 Å². The third-order valence-corrected chi connectivity index (χ3v) is 5.07. The van der Waals surface area contributed by atoms with Crippen molar-refractivity contribution < 1.29 is 38.0 Å². The fourth-order valence-corrected chi connectivity index (χ4v) is 3.49. The maximum Gasteiger partial charge on any atom is 0.330 e. The molecule has 0 saturated heterocycles. The van der Waals surface area contributed by atoms with Crippen LogP contribution in [0.15, 0.2) is 73.8 Å². The summed E-state index contributed by atoms with van der Waals surface area (Å²) in [5, 5.41) is 3.94. The summed E-state index contributed by atoms with van der Waals surface area (Å²) >= 11 is 0. The molecule has 8 heteroatoms. The monoisotopic (exact) mass is 494 g/mol. The Hall–Kier alpha value is -3.88. The fraction of sp³-hybridized carbons (Fsp3) is 0.286. The number of hydrogen-bond acceptors (Lipinski definition) is 8. The molecule has 3 aromatic rings. The van der Waals surface area contributed by atoms with Gasteiger partial charge in [0.2, 0.25) is 0 Å². The van der Waals surface area contributed by atoms with Gasteiger partial charge in [-0.25, -0.2) is 9.59 Å². The fourth-order valence-electron chi connectivity index (χ4n) is 3.49. The highest BCUT2D eigenvalue weighted by molar-refractivity contribution is 6.13. The largest absolute Gasteiger partial charge is 0.487 e. The Morgan fingerprint density at radius 2 is 0.917 bits per heavy atom. The van der Waals surface area contributed by atoms with Crippen LogP contribution in [0.3, 0.4) is 0 Å². The van der Waals surface area contributed by atoms with Crippen molar-refractivity contribution in [1.82, 2.24) is 0 Å². The third kappa shape index (κ3) is 7.56. The second kappa shape index (κ2) is 14.5. The van der Waals surface area contributed by atoms with Crippen LogP contribution < -0.4 is 9.47 Å². The van der Waals surface area contributed by atoms with E-state index in [-0.39, 0.29) is 39.6 Å². The summed E-state index contributed by atoms with van der Waals surface area (Å²) < 4.78 is 33.1. The minimum Gasteiger partial charge on any atom is -0.487 e. The minimum atomic E-state index is -0.485. The molecular formula is C28H30O8. The van der Waals surface area contributed by atoms with E-state index in [4.69, 9.17) is 28.4 Å². The van der Waals surface area contributed by atoms with Gasteiger partial charge in [0.15, 0.2) is 11.5 Å². The zero-order valence-electron chi connectivity index (χ0n) is 20.1. The number of carbonyl (C=O) groups is 2. The maximum atomic E-state index is 11.1. The molecule has 0 saturated carbocycles. The molecule has 0 aliphatic rings. The second-order valence-electron chi connectivity index (χ2n) is 7.41. The van der Waals surface area contributed by atoms with Crippen LogP contribution in [0.1, 0.15) is 0 Å². The molecule has 190 valence electrons. The first-order valence-electron chi connectivity index (χ1n) is 11.6. The molecule has 3 rings (SSSR count).